The van der Waals surface area contributed by atoms with E-state index in [1.165, 1.54) is 20.5 Å². The number of para-hydroxylation sites is 1. The van der Waals surface area contributed by atoms with Gasteiger partial charge in [0.25, 0.3) is 0 Å². The van der Waals surface area contributed by atoms with Gasteiger partial charge in [0.1, 0.15) is 0 Å². The van der Waals surface area contributed by atoms with Crippen molar-refractivity contribution in [1.29, 1.82) is 0 Å². The van der Waals surface area contributed by atoms with E-state index in [9.17, 15) is 9.59 Å². The van der Waals surface area contributed by atoms with Crippen LogP contribution < -0.4 is 5.32 Å². The Morgan fingerprint density at radius 2 is 2.18 bits per heavy atom. The standard InChI is InChI=1S/C21H26N2O4S/c1-26-11-15(19(24)27-2)14-9-18-21(7-8-23(18)10-13(14)12-28)16-5-3-4-6-17(16)22-20(21)25/h3-6,11,13-14,18,28H,7-10,12H2,1-2H3,(H,22,25)/b15-11+/t13-,14?,18?,21-/m1/s1. The Morgan fingerprint density at radius 1 is 1.39 bits per heavy atom. The third-order valence-electron chi connectivity index (χ3n) is 6.68. The molecular weight excluding hydrogens is 376 g/mol. The zero-order chi connectivity index (χ0) is 19.9. The van der Waals surface area contributed by atoms with Crippen LogP contribution in [-0.4, -0.2) is 55.9 Å². The molecule has 3 aliphatic rings. The first-order valence-electron chi connectivity index (χ1n) is 9.63. The number of nitrogens with zero attached hydrogens (tertiary/aromatic N) is 1. The summed E-state index contributed by atoms with van der Waals surface area (Å²) in [5.41, 5.74) is 1.94. The van der Waals surface area contributed by atoms with E-state index in [-0.39, 0.29) is 29.8 Å². The fourth-order valence-electron chi connectivity index (χ4n) is 5.40. The van der Waals surface area contributed by atoms with Crippen LogP contribution in [0.5, 0.6) is 0 Å². The predicted molar refractivity (Wildman–Crippen MR) is 109 cm³/mol. The molecule has 2 saturated heterocycles. The highest BCUT2D eigenvalue weighted by Crippen LogP contribution is 2.52. The third-order valence-corrected chi connectivity index (χ3v) is 7.15. The molecule has 0 saturated carbocycles. The Hall–Kier alpha value is -1.99. The van der Waals surface area contributed by atoms with Gasteiger partial charge in [0, 0.05) is 24.2 Å². The second-order valence-corrected chi connectivity index (χ2v) is 8.18. The molecule has 1 N–H and O–H groups in total. The molecule has 7 heteroatoms. The van der Waals surface area contributed by atoms with E-state index < -0.39 is 5.41 Å². The maximum absolute atomic E-state index is 13.2. The molecule has 150 valence electrons. The van der Waals surface area contributed by atoms with Crippen LogP contribution in [-0.2, 0) is 24.5 Å². The molecule has 1 aromatic carbocycles. The lowest BCUT2D eigenvalue weighted by Crippen LogP contribution is -2.54. The molecule has 4 rings (SSSR count). The molecule has 0 radical (unpaired) electrons. The Balaban J connectivity index is 1.74. The molecule has 1 spiro atoms. The second kappa shape index (κ2) is 7.44. The molecule has 2 fully saturated rings. The van der Waals surface area contributed by atoms with Gasteiger partial charge in [-0.1, -0.05) is 18.2 Å². The summed E-state index contributed by atoms with van der Waals surface area (Å²) in [7, 11) is 2.92. The van der Waals surface area contributed by atoms with Gasteiger partial charge in [-0.3, -0.25) is 9.69 Å². The van der Waals surface area contributed by atoms with Crippen molar-refractivity contribution in [1.82, 2.24) is 4.90 Å². The van der Waals surface area contributed by atoms with Crippen LogP contribution in [0.25, 0.3) is 0 Å². The lowest BCUT2D eigenvalue weighted by molar-refractivity contribution is -0.137. The molecule has 1 amide bonds. The number of ether oxygens (including phenoxy) is 2. The summed E-state index contributed by atoms with van der Waals surface area (Å²) in [4.78, 5) is 28.0. The minimum absolute atomic E-state index is 0.0298. The first-order valence-corrected chi connectivity index (χ1v) is 10.3. The largest absolute Gasteiger partial charge is 0.504 e. The minimum atomic E-state index is -0.565. The number of carbonyl (C=O) groups is 2. The predicted octanol–water partition coefficient (Wildman–Crippen LogP) is 2.22. The number of anilines is 1. The molecule has 3 aliphatic heterocycles. The smallest absolute Gasteiger partial charge is 0.337 e. The van der Waals surface area contributed by atoms with Gasteiger partial charge < -0.3 is 14.8 Å². The summed E-state index contributed by atoms with van der Waals surface area (Å²) in [6.45, 7) is 1.67. The van der Waals surface area contributed by atoms with Gasteiger partial charge in [-0.2, -0.15) is 12.6 Å². The molecule has 0 aromatic heterocycles. The average molecular weight is 403 g/mol. The van der Waals surface area contributed by atoms with Crippen molar-refractivity contribution in [2.75, 3.05) is 38.4 Å². The molecule has 1 aromatic rings. The van der Waals surface area contributed by atoms with E-state index in [1.54, 1.807) is 0 Å². The lowest BCUT2D eigenvalue weighted by Gasteiger charge is -2.44. The molecule has 4 atom stereocenters. The fourth-order valence-corrected chi connectivity index (χ4v) is 5.77. The Morgan fingerprint density at radius 3 is 2.89 bits per heavy atom. The summed E-state index contributed by atoms with van der Waals surface area (Å²) >= 11 is 4.55. The number of hydrogen-bond acceptors (Lipinski definition) is 6. The van der Waals surface area contributed by atoms with Crippen LogP contribution in [0.2, 0.25) is 0 Å². The topological polar surface area (TPSA) is 67.9 Å². The Bertz CT molecular complexity index is 826. The summed E-state index contributed by atoms with van der Waals surface area (Å²) in [6.07, 6.45) is 2.97. The number of hydrogen-bond donors (Lipinski definition) is 2. The zero-order valence-corrected chi connectivity index (χ0v) is 17.1. The van der Waals surface area contributed by atoms with Crippen molar-refractivity contribution in [2.24, 2.45) is 11.8 Å². The van der Waals surface area contributed by atoms with Crippen molar-refractivity contribution >= 4 is 30.2 Å². The molecular formula is C21H26N2O4S. The summed E-state index contributed by atoms with van der Waals surface area (Å²) in [5.74, 6) is 0.466. The average Bonchev–Trinajstić information content (AvgIpc) is 3.23. The van der Waals surface area contributed by atoms with Crippen LogP contribution >= 0.6 is 12.6 Å². The van der Waals surface area contributed by atoms with E-state index in [0.717, 1.165) is 30.8 Å². The van der Waals surface area contributed by atoms with Crippen molar-refractivity contribution < 1.29 is 19.1 Å². The number of nitrogens with one attached hydrogen (secondary N) is 1. The highest BCUT2D eigenvalue weighted by atomic mass is 32.1. The fraction of sp³-hybridized carbons (Fsp3) is 0.524. The van der Waals surface area contributed by atoms with Crippen LogP contribution in [0.3, 0.4) is 0 Å². The van der Waals surface area contributed by atoms with Crippen molar-refractivity contribution in [3.05, 3.63) is 41.7 Å². The van der Waals surface area contributed by atoms with Gasteiger partial charge in [0.05, 0.1) is 31.5 Å². The van der Waals surface area contributed by atoms with Gasteiger partial charge in [-0.25, -0.2) is 4.79 Å². The number of fused-ring (bicyclic) bond motifs is 4. The Labute approximate surface area is 170 Å². The van der Waals surface area contributed by atoms with E-state index in [1.807, 2.05) is 18.2 Å². The highest BCUT2D eigenvalue weighted by molar-refractivity contribution is 7.80. The molecule has 0 aliphatic carbocycles. The van der Waals surface area contributed by atoms with Gasteiger partial charge in [0.2, 0.25) is 5.91 Å². The zero-order valence-electron chi connectivity index (χ0n) is 16.2. The van der Waals surface area contributed by atoms with E-state index >= 15 is 0 Å². The molecule has 6 nitrogen and oxygen atoms in total. The van der Waals surface area contributed by atoms with Crippen LogP contribution in [0.4, 0.5) is 5.69 Å². The van der Waals surface area contributed by atoms with Gasteiger partial charge in [-0.05, 0) is 42.7 Å². The quantitative estimate of drug-likeness (QED) is 0.350. The normalized spacial score (nSPS) is 32.0. The monoisotopic (exact) mass is 402 g/mol. The summed E-state index contributed by atoms with van der Waals surface area (Å²) in [6, 6.07) is 7.99. The number of benzene rings is 1. The number of carbonyl (C=O) groups excluding carboxylic acids is 2. The minimum Gasteiger partial charge on any atom is -0.504 e. The van der Waals surface area contributed by atoms with E-state index in [2.05, 4.69) is 28.9 Å². The number of thiol groups is 1. The lowest BCUT2D eigenvalue weighted by atomic mass is 9.68. The van der Waals surface area contributed by atoms with Crippen LogP contribution in [0.15, 0.2) is 36.1 Å². The molecule has 0 bridgehead atoms. The van der Waals surface area contributed by atoms with Gasteiger partial charge in [-0.15, -0.1) is 0 Å². The first-order chi connectivity index (χ1) is 13.6. The SMILES string of the molecule is CO/C=C(/C(=O)OC)C1CC2N(CC[C@]23C(=O)Nc2ccccc23)C[C@@H]1CS. The third kappa shape index (κ3) is 2.75. The Kier molecular flexibility index (Phi) is 5.14. The number of rotatable bonds is 4. The first kappa shape index (κ1) is 19.3. The summed E-state index contributed by atoms with van der Waals surface area (Å²) < 4.78 is 10.2. The molecule has 2 unspecified atom stereocenters. The van der Waals surface area contributed by atoms with Crippen molar-refractivity contribution in [2.45, 2.75) is 24.3 Å². The summed E-state index contributed by atoms with van der Waals surface area (Å²) in [5, 5.41) is 3.08. The van der Waals surface area contributed by atoms with Gasteiger partial charge in [0.15, 0.2) is 0 Å². The number of methoxy groups -OCH3 is 2. The van der Waals surface area contributed by atoms with Crippen molar-refractivity contribution in [3.63, 3.8) is 0 Å². The number of esters is 1. The second-order valence-electron chi connectivity index (χ2n) is 7.82. The van der Waals surface area contributed by atoms with Gasteiger partial charge >= 0.3 is 5.97 Å². The van der Waals surface area contributed by atoms with Crippen LogP contribution in [0, 0.1) is 11.8 Å². The van der Waals surface area contributed by atoms with Crippen LogP contribution in [0.1, 0.15) is 18.4 Å². The maximum atomic E-state index is 13.2. The number of piperidine rings is 1. The highest BCUT2D eigenvalue weighted by Gasteiger charge is 2.60. The number of amides is 1. The molecule has 3 heterocycles. The van der Waals surface area contributed by atoms with E-state index in [0.29, 0.717) is 17.7 Å². The maximum Gasteiger partial charge on any atom is 0.337 e. The van der Waals surface area contributed by atoms with E-state index in [4.69, 9.17) is 9.47 Å². The molecule has 28 heavy (non-hydrogen) atoms. The van der Waals surface area contributed by atoms with Crippen molar-refractivity contribution in [3.8, 4) is 0 Å².